The first kappa shape index (κ1) is 29.1. The lowest BCUT2D eigenvalue weighted by Crippen LogP contribution is -2.11. The summed E-state index contributed by atoms with van der Waals surface area (Å²) in [5, 5.41) is 6.97. The fraction of sp³-hybridized carbons (Fsp3) is 0. The minimum Gasteiger partial charge on any atom is -0.456 e. The normalized spacial score (nSPS) is 11.8. The van der Waals surface area contributed by atoms with E-state index in [9.17, 15) is 0 Å². The summed E-state index contributed by atoms with van der Waals surface area (Å²) >= 11 is 1.85. The molecule has 3 nitrogen and oxygen atoms in total. The van der Waals surface area contributed by atoms with Gasteiger partial charge in [0, 0.05) is 48.3 Å². The largest absolute Gasteiger partial charge is 0.456 e. The van der Waals surface area contributed by atoms with Gasteiger partial charge in [-0.2, -0.15) is 0 Å². The van der Waals surface area contributed by atoms with Gasteiger partial charge in [-0.1, -0.05) is 115 Å². The van der Waals surface area contributed by atoms with E-state index in [-0.39, 0.29) is 0 Å². The predicted octanol–water partition coefficient (Wildman–Crippen LogP) is 14.7. The van der Waals surface area contributed by atoms with Gasteiger partial charge in [0.1, 0.15) is 22.3 Å². The minimum absolute atomic E-state index is 0.865. The number of hydrogen-bond donors (Lipinski definition) is 0. The van der Waals surface area contributed by atoms with E-state index in [0.717, 1.165) is 72.1 Å². The second kappa shape index (κ2) is 11.5. The third-order valence-corrected chi connectivity index (χ3v) is 11.5. The molecule has 52 heavy (non-hydrogen) atoms. The Morgan fingerprint density at radius 3 is 1.87 bits per heavy atom. The first-order chi connectivity index (χ1) is 25.8. The van der Waals surface area contributed by atoms with Gasteiger partial charge in [-0.05, 0) is 77.4 Å². The average molecular weight is 684 g/mol. The molecule has 0 fully saturated rings. The molecule has 0 bridgehead atoms. The lowest BCUT2D eigenvalue weighted by molar-refractivity contribution is 0.663. The van der Waals surface area contributed by atoms with Crippen molar-refractivity contribution in [3.63, 3.8) is 0 Å². The van der Waals surface area contributed by atoms with Crippen LogP contribution in [0.15, 0.2) is 185 Å². The lowest BCUT2D eigenvalue weighted by Gasteiger charge is -2.28. The number of benzene rings is 8. The van der Waals surface area contributed by atoms with Crippen molar-refractivity contribution in [2.45, 2.75) is 0 Å². The van der Waals surface area contributed by atoms with Crippen LogP contribution in [0, 0.1) is 0 Å². The van der Waals surface area contributed by atoms with Gasteiger partial charge in [-0.15, -0.1) is 11.3 Å². The van der Waals surface area contributed by atoms with E-state index < -0.39 is 0 Å². The summed E-state index contributed by atoms with van der Waals surface area (Å²) in [6.07, 6.45) is 0. The number of rotatable bonds is 5. The zero-order valence-electron chi connectivity index (χ0n) is 27.9. The Balaban J connectivity index is 1.06. The van der Waals surface area contributed by atoms with E-state index in [1.54, 1.807) is 0 Å². The number of nitrogens with zero attached hydrogens (tertiary/aromatic N) is 1. The van der Waals surface area contributed by atoms with Crippen LogP contribution in [-0.2, 0) is 0 Å². The third-order valence-electron chi connectivity index (χ3n) is 10.3. The fourth-order valence-electron chi connectivity index (χ4n) is 7.91. The van der Waals surface area contributed by atoms with Crippen molar-refractivity contribution >= 4 is 92.4 Å². The quantitative estimate of drug-likeness (QED) is 0.181. The second-order valence-corrected chi connectivity index (χ2v) is 14.3. The molecule has 0 saturated carbocycles. The molecule has 0 radical (unpaired) electrons. The zero-order valence-corrected chi connectivity index (χ0v) is 28.7. The first-order valence-corrected chi connectivity index (χ1v) is 18.3. The second-order valence-electron chi connectivity index (χ2n) is 13.2. The van der Waals surface area contributed by atoms with Gasteiger partial charge in [0.25, 0.3) is 0 Å². The van der Waals surface area contributed by atoms with Gasteiger partial charge in [-0.3, -0.25) is 0 Å². The van der Waals surface area contributed by atoms with E-state index in [2.05, 4.69) is 157 Å². The van der Waals surface area contributed by atoms with Gasteiger partial charge in [0.15, 0.2) is 0 Å². The van der Waals surface area contributed by atoms with Crippen molar-refractivity contribution in [2.75, 3.05) is 4.90 Å². The molecule has 0 aliphatic rings. The lowest BCUT2D eigenvalue weighted by atomic mass is 10.00. The Bertz CT molecular complexity index is 3130. The molecule has 0 amide bonds. The zero-order chi connectivity index (χ0) is 34.2. The molecule has 0 N–H and O–H groups in total. The molecule has 4 heteroatoms. The van der Waals surface area contributed by atoms with Crippen molar-refractivity contribution in [3.05, 3.63) is 176 Å². The highest BCUT2D eigenvalue weighted by Crippen LogP contribution is 2.47. The summed E-state index contributed by atoms with van der Waals surface area (Å²) in [4.78, 5) is 2.42. The molecule has 3 heterocycles. The van der Waals surface area contributed by atoms with Crippen LogP contribution in [0.4, 0.5) is 17.1 Å². The van der Waals surface area contributed by atoms with Gasteiger partial charge in [0.05, 0.1) is 16.1 Å². The van der Waals surface area contributed by atoms with Gasteiger partial charge >= 0.3 is 0 Å². The maximum atomic E-state index is 6.49. The molecule has 0 atom stereocenters. The van der Waals surface area contributed by atoms with E-state index in [1.165, 1.54) is 31.3 Å². The summed E-state index contributed by atoms with van der Waals surface area (Å²) in [6, 6.07) is 62.5. The Morgan fingerprint density at radius 1 is 0.385 bits per heavy atom. The molecule has 3 aromatic heterocycles. The molecule has 11 aromatic rings. The van der Waals surface area contributed by atoms with Crippen LogP contribution in [-0.4, -0.2) is 0 Å². The summed E-state index contributed by atoms with van der Waals surface area (Å²) in [5.41, 5.74) is 11.5. The monoisotopic (exact) mass is 683 g/mol. The summed E-state index contributed by atoms with van der Waals surface area (Å²) in [6.45, 7) is 0. The molecule has 0 aliphatic carbocycles. The molecule has 244 valence electrons. The fourth-order valence-corrected chi connectivity index (χ4v) is 9.12. The van der Waals surface area contributed by atoms with Crippen LogP contribution < -0.4 is 4.90 Å². The number of thiophene rings is 1. The topological polar surface area (TPSA) is 29.5 Å². The minimum atomic E-state index is 0.865. The molecule has 8 aromatic carbocycles. The third kappa shape index (κ3) is 4.45. The van der Waals surface area contributed by atoms with Crippen LogP contribution in [0.1, 0.15) is 0 Å². The summed E-state index contributed by atoms with van der Waals surface area (Å²) in [7, 11) is 0. The number of furan rings is 2. The Kier molecular flexibility index (Phi) is 6.42. The van der Waals surface area contributed by atoms with Crippen LogP contribution in [0.3, 0.4) is 0 Å². The molecular weight excluding hydrogens is 655 g/mol. The maximum Gasteiger partial charge on any atom is 0.136 e. The van der Waals surface area contributed by atoms with Crippen molar-refractivity contribution in [1.29, 1.82) is 0 Å². The maximum absolute atomic E-state index is 6.49. The number of anilines is 3. The predicted molar refractivity (Wildman–Crippen MR) is 219 cm³/mol. The number of hydrogen-bond acceptors (Lipinski definition) is 4. The van der Waals surface area contributed by atoms with Gasteiger partial charge in [-0.25, -0.2) is 0 Å². The molecule has 0 aliphatic heterocycles. The number of para-hydroxylation sites is 2. The van der Waals surface area contributed by atoms with Crippen LogP contribution in [0.5, 0.6) is 0 Å². The van der Waals surface area contributed by atoms with E-state index in [1.807, 2.05) is 35.6 Å². The highest BCUT2D eigenvalue weighted by molar-refractivity contribution is 7.26. The van der Waals surface area contributed by atoms with Gasteiger partial charge < -0.3 is 13.7 Å². The SMILES string of the molecule is c1ccc(-c2ccccc2N(c2ccc(-c3ccc4c(c3)oc3ccc5oc6ccccc6c5c34)cc2)c2cccc3c2sc2ccccc23)cc1. The highest BCUT2D eigenvalue weighted by atomic mass is 32.1. The Morgan fingerprint density at radius 2 is 1.02 bits per heavy atom. The standard InChI is InChI=1S/C48H29NO2S/c1-2-11-31(12-3-1)34-13-4-7-17-39(34)49(40-18-10-16-36-35-14-6-9-20-45(35)52-48(36)40)33-24-21-30(22-25-33)32-23-26-38-44(29-32)51-43-28-27-42-46(47(38)43)37-15-5-8-19-41(37)50-42/h1-29H. The van der Waals surface area contributed by atoms with Crippen LogP contribution in [0.25, 0.3) is 86.3 Å². The molecular formula is C48H29NO2S. The molecule has 11 rings (SSSR count). The van der Waals surface area contributed by atoms with Crippen LogP contribution >= 0.6 is 11.3 Å². The first-order valence-electron chi connectivity index (χ1n) is 17.5. The summed E-state index contributed by atoms with van der Waals surface area (Å²) in [5.74, 6) is 0. The number of fused-ring (bicyclic) bond motifs is 10. The van der Waals surface area contributed by atoms with Crippen molar-refractivity contribution in [3.8, 4) is 22.3 Å². The summed E-state index contributed by atoms with van der Waals surface area (Å²) < 4.78 is 15.2. The molecule has 0 saturated heterocycles. The van der Waals surface area contributed by atoms with Crippen molar-refractivity contribution < 1.29 is 8.83 Å². The van der Waals surface area contributed by atoms with E-state index in [0.29, 0.717) is 0 Å². The Hall–Kier alpha value is -6.62. The molecule has 0 unspecified atom stereocenters. The van der Waals surface area contributed by atoms with Crippen molar-refractivity contribution in [1.82, 2.24) is 0 Å². The Labute approximate surface area is 303 Å². The van der Waals surface area contributed by atoms with Crippen molar-refractivity contribution in [2.24, 2.45) is 0 Å². The van der Waals surface area contributed by atoms with E-state index in [4.69, 9.17) is 8.83 Å². The molecule has 0 spiro atoms. The average Bonchev–Trinajstić information content (AvgIpc) is 3.90. The van der Waals surface area contributed by atoms with E-state index >= 15 is 0 Å². The smallest absolute Gasteiger partial charge is 0.136 e. The van der Waals surface area contributed by atoms with Gasteiger partial charge in [0.2, 0.25) is 0 Å². The van der Waals surface area contributed by atoms with Crippen LogP contribution in [0.2, 0.25) is 0 Å². The highest BCUT2D eigenvalue weighted by Gasteiger charge is 2.21.